The van der Waals surface area contributed by atoms with E-state index < -0.39 is 22.1 Å². The minimum Gasteiger partial charge on any atom is -0.478 e. The molecule has 0 saturated heterocycles. The van der Waals surface area contributed by atoms with Gasteiger partial charge in [0.15, 0.2) is 0 Å². The number of carboxylic acids is 1. The molecule has 0 aliphatic heterocycles. The summed E-state index contributed by atoms with van der Waals surface area (Å²) in [5.74, 6) is -1.24. The molecule has 1 aromatic carbocycles. The molecule has 0 aromatic heterocycles. The van der Waals surface area contributed by atoms with Crippen LogP contribution in [-0.2, 0) is 16.4 Å². The highest BCUT2D eigenvalue weighted by atomic mass is 32.2. The van der Waals surface area contributed by atoms with Crippen molar-refractivity contribution in [3.8, 4) is 0 Å². The zero-order valence-electron chi connectivity index (χ0n) is 12.3. The van der Waals surface area contributed by atoms with Crippen molar-refractivity contribution in [1.29, 1.82) is 0 Å². The first-order chi connectivity index (χ1) is 9.69. The van der Waals surface area contributed by atoms with E-state index in [1.807, 2.05) is 0 Å². The molecule has 1 unspecified atom stereocenters. The molecule has 1 rings (SSSR count). The van der Waals surface area contributed by atoms with Gasteiger partial charge in [0.05, 0.1) is 16.6 Å². The predicted molar refractivity (Wildman–Crippen MR) is 78.8 cm³/mol. The van der Waals surface area contributed by atoms with Gasteiger partial charge in [-0.2, -0.15) is 0 Å². The minimum absolute atomic E-state index is 0.0233. The van der Waals surface area contributed by atoms with Crippen LogP contribution < -0.4 is 4.72 Å². The molecular formula is C14H21NO5S. The number of benzene rings is 1. The van der Waals surface area contributed by atoms with Crippen molar-refractivity contribution in [3.63, 3.8) is 0 Å². The van der Waals surface area contributed by atoms with Gasteiger partial charge in [0.25, 0.3) is 0 Å². The van der Waals surface area contributed by atoms with Gasteiger partial charge in [-0.3, -0.25) is 0 Å². The number of carbonyl (C=O) groups is 1. The number of aliphatic hydroxyl groups excluding tert-OH is 1. The molecule has 118 valence electrons. The molecule has 1 aromatic rings. The third kappa shape index (κ3) is 4.52. The van der Waals surface area contributed by atoms with Gasteiger partial charge in [-0.15, -0.1) is 0 Å². The quantitative estimate of drug-likeness (QED) is 0.702. The van der Waals surface area contributed by atoms with Gasteiger partial charge in [0, 0.05) is 6.54 Å². The Morgan fingerprint density at radius 2 is 1.95 bits per heavy atom. The van der Waals surface area contributed by atoms with Gasteiger partial charge < -0.3 is 10.2 Å². The second-order valence-corrected chi connectivity index (χ2v) is 6.91. The maximum absolute atomic E-state index is 12.1. The van der Waals surface area contributed by atoms with Gasteiger partial charge in [0.1, 0.15) is 0 Å². The van der Waals surface area contributed by atoms with Crippen molar-refractivity contribution < 1.29 is 23.4 Å². The topological polar surface area (TPSA) is 104 Å². The second-order valence-electron chi connectivity index (χ2n) is 5.14. The average molecular weight is 315 g/mol. The highest BCUT2D eigenvalue weighted by Gasteiger charge is 2.20. The Morgan fingerprint density at radius 3 is 2.43 bits per heavy atom. The highest BCUT2D eigenvalue weighted by molar-refractivity contribution is 7.89. The number of nitrogens with one attached hydrogen (secondary N) is 1. The van der Waals surface area contributed by atoms with Crippen LogP contribution in [0.1, 0.15) is 36.7 Å². The van der Waals surface area contributed by atoms with Crippen LogP contribution in [0.2, 0.25) is 0 Å². The summed E-state index contributed by atoms with van der Waals surface area (Å²) < 4.78 is 26.5. The van der Waals surface area contributed by atoms with E-state index in [0.29, 0.717) is 12.0 Å². The molecule has 0 radical (unpaired) electrons. The van der Waals surface area contributed by atoms with Gasteiger partial charge in [-0.05, 0) is 30.0 Å². The first kappa shape index (κ1) is 17.6. The monoisotopic (exact) mass is 315 g/mol. The molecule has 7 heteroatoms. The number of hydrogen-bond acceptors (Lipinski definition) is 4. The molecule has 21 heavy (non-hydrogen) atoms. The molecule has 0 saturated carbocycles. The summed E-state index contributed by atoms with van der Waals surface area (Å²) in [6.45, 7) is 5.24. The summed E-state index contributed by atoms with van der Waals surface area (Å²) in [5.41, 5.74) is 0.549. The fourth-order valence-corrected chi connectivity index (χ4v) is 2.82. The van der Waals surface area contributed by atoms with E-state index in [1.165, 1.54) is 12.1 Å². The van der Waals surface area contributed by atoms with Crippen molar-refractivity contribution >= 4 is 16.0 Å². The van der Waals surface area contributed by atoms with Crippen molar-refractivity contribution in [1.82, 2.24) is 4.72 Å². The highest BCUT2D eigenvalue weighted by Crippen LogP contribution is 2.17. The van der Waals surface area contributed by atoms with E-state index in [1.54, 1.807) is 20.8 Å². The van der Waals surface area contributed by atoms with Gasteiger partial charge in [-0.1, -0.05) is 26.8 Å². The van der Waals surface area contributed by atoms with Crippen LogP contribution in [-0.4, -0.2) is 37.2 Å². The SMILES string of the molecule is CCc1ccc(S(=O)(=O)NCC(O)C(C)C)cc1C(=O)O. The van der Waals surface area contributed by atoms with Crippen LogP contribution in [0.25, 0.3) is 0 Å². The summed E-state index contributed by atoms with van der Waals surface area (Å²) >= 11 is 0. The summed E-state index contributed by atoms with van der Waals surface area (Å²) in [5, 5.41) is 18.8. The number of aliphatic hydroxyl groups is 1. The maximum atomic E-state index is 12.1. The van der Waals surface area contributed by atoms with E-state index in [0.717, 1.165) is 6.07 Å². The largest absolute Gasteiger partial charge is 0.478 e. The standard InChI is InChI=1S/C14H21NO5S/c1-4-10-5-6-11(7-12(10)14(17)18)21(19,20)15-8-13(16)9(2)3/h5-7,9,13,15-16H,4,8H2,1-3H3,(H,17,18). The Balaban J connectivity index is 3.04. The predicted octanol–water partition coefficient (Wildman–Crippen LogP) is 1.24. The zero-order chi connectivity index (χ0) is 16.2. The Morgan fingerprint density at radius 1 is 1.33 bits per heavy atom. The van der Waals surface area contributed by atoms with E-state index in [4.69, 9.17) is 5.11 Å². The molecular weight excluding hydrogens is 294 g/mol. The fourth-order valence-electron chi connectivity index (χ4n) is 1.74. The lowest BCUT2D eigenvalue weighted by Gasteiger charge is -2.15. The van der Waals surface area contributed by atoms with Crippen LogP contribution in [0.15, 0.2) is 23.1 Å². The number of carboxylic acid groups (broad SMARTS) is 1. The van der Waals surface area contributed by atoms with Crippen molar-refractivity contribution in [2.24, 2.45) is 5.92 Å². The number of rotatable bonds is 7. The Hall–Kier alpha value is -1.44. The Labute approximate surface area is 124 Å². The van der Waals surface area contributed by atoms with Gasteiger partial charge >= 0.3 is 5.97 Å². The Kier molecular flexibility index (Phi) is 5.88. The molecule has 0 amide bonds. The van der Waals surface area contributed by atoms with Crippen molar-refractivity contribution in [2.75, 3.05) is 6.54 Å². The molecule has 0 aliphatic rings. The summed E-state index contributed by atoms with van der Waals surface area (Å²) in [6, 6.07) is 4.01. The molecule has 0 heterocycles. The fraction of sp³-hybridized carbons (Fsp3) is 0.500. The van der Waals surface area contributed by atoms with Crippen LogP contribution >= 0.6 is 0 Å². The first-order valence-corrected chi connectivity index (χ1v) is 8.21. The first-order valence-electron chi connectivity index (χ1n) is 6.73. The number of sulfonamides is 1. The van der Waals surface area contributed by atoms with E-state index >= 15 is 0 Å². The zero-order valence-corrected chi connectivity index (χ0v) is 13.1. The molecule has 0 fully saturated rings. The number of aromatic carboxylic acids is 1. The summed E-state index contributed by atoms with van der Waals surface area (Å²) in [6.07, 6.45) is -0.296. The lowest BCUT2D eigenvalue weighted by atomic mass is 10.1. The molecule has 0 bridgehead atoms. The Bertz CT molecular complexity index is 610. The normalized spacial score (nSPS) is 13.4. The van der Waals surface area contributed by atoms with Crippen molar-refractivity contribution in [3.05, 3.63) is 29.3 Å². The smallest absolute Gasteiger partial charge is 0.336 e. The van der Waals surface area contributed by atoms with E-state index in [-0.39, 0.29) is 22.9 Å². The van der Waals surface area contributed by atoms with E-state index in [2.05, 4.69) is 4.72 Å². The van der Waals surface area contributed by atoms with Crippen LogP contribution in [0.4, 0.5) is 0 Å². The third-order valence-corrected chi connectivity index (χ3v) is 4.68. The van der Waals surface area contributed by atoms with Crippen LogP contribution in [0.3, 0.4) is 0 Å². The molecule has 0 aliphatic carbocycles. The maximum Gasteiger partial charge on any atom is 0.336 e. The van der Waals surface area contributed by atoms with Crippen LogP contribution in [0.5, 0.6) is 0 Å². The van der Waals surface area contributed by atoms with Gasteiger partial charge in [-0.25, -0.2) is 17.9 Å². The summed E-state index contributed by atoms with van der Waals surface area (Å²) in [4.78, 5) is 11.0. The van der Waals surface area contributed by atoms with Crippen molar-refractivity contribution in [2.45, 2.75) is 38.2 Å². The minimum atomic E-state index is -3.84. The average Bonchev–Trinajstić information content (AvgIpc) is 2.43. The number of hydrogen-bond donors (Lipinski definition) is 3. The van der Waals surface area contributed by atoms with Crippen LogP contribution in [0, 0.1) is 5.92 Å². The van der Waals surface area contributed by atoms with E-state index in [9.17, 15) is 18.3 Å². The third-order valence-electron chi connectivity index (χ3n) is 3.25. The molecule has 3 N–H and O–H groups in total. The molecule has 0 spiro atoms. The lowest BCUT2D eigenvalue weighted by Crippen LogP contribution is -2.34. The molecule has 1 atom stereocenters. The molecule has 6 nitrogen and oxygen atoms in total. The van der Waals surface area contributed by atoms with Gasteiger partial charge in [0.2, 0.25) is 10.0 Å². The lowest BCUT2D eigenvalue weighted by molar-refractivity contribution is 0.0695. The second kappa shape index (κ2) is 7.02. The number of aryl methyl sites for hydroxylation is 1. The summed E-state index contributed by atoms with van der Waals surface area (Å²) in [7, 11) is -3.84.